The Morgan fingerprint density at radius 3 is 2.91 bits per heavy atom. The molecule has 0 spiro atoms. The third-order valence-electron chi connectivity index (χ3n) is 4.57. The number of hydrogen-bond donors (Lipinski definition) is 1. The molecule has 6 nitrogen and oxygen atoms in total. The van der Waals surface area contributed by atoms with Crippen molar-refractivity contribution >= 4 is 11.9 Å². The lowest BCUT2D eigenvalue weighted by Gasteiger charge is -2.39. The third-order valence-corrected chi connectivity index (χ3v) is 4.57. The Morgan fingerprint density at radius 1 is 1.39 bits per heavy atom. The van der Waals surface area contributed by atoms with Gasteiger partial charge in [-0.2, -0.15) is 5.10 Å². The predicted molar refractivity (Wildman–Crippen MR) is 89.6 cm³/mol. The Balaban J connectivity index is 1.71. The van der Waals surface area contributed by atoms with E-state index in [1.807, 2.05) is 32.6 Å². The minimum atomic E-state index is -0.439. The van der Waals surface area contributed by atoms with E-state index in [2.05, 4.69) is 21.2 Å². The lowest BCUT2D eigenvalue weighted by atomic mass is 9.88. The smallest absolute Gasteiger partial charge is 0.410 e. The summed E-state index contributed by atoms with van der Waals surface area (Å²) in [5, 5.41) is 8.07. The van der Waals surface area contributed by atoms with Gasteiger partial charge in [0.25, 0.3) is 0 Å². The van der Waals surface area contributed by atoms with Crippen molar-refractivity contribution in [3.8, 4) is 0 Å². The Morgan fingerprint density at radius 2 is 2.17 bits per heavy atom. The van der Waals surface area contributed by atoms with Crippen LogP contribution in [-0.4, -0.2) is 46.0 Å². The highest BCUT2D eigenvalue weighted by Crippen LogP contribution is 2.35. The van der Waals surface area contributed by atoms with E-state index in [4.69, 9.17) is 4.74 Å². The van der Waals surface area contributed by atoms with Crippen LogP contribution in [0.4, 0.5) is 10.6 Å². The van der Waals surface area contributed by atoms with Crippen LogP contribution >= 0.6 is 0 Å². The number of nitrogens with one attached hydrogen (secondary N) is 1. The van der Waals surface area contributed by atoms with Crippen molar-refractivity contribution in [2.75, 3.05) is 25.0 Å². The zero-order chi connectivity index (χ0) is 16.6. The number of carbonyl (C=O) groups excluding carboxylic acids is 1. The fourth-order valence-corrected chi connectivity index (χ4v) is 3.62. The highest BCUT2D eigenvalue weighted by atomic mass is 16.6. The molecular weight excluding hydrogens is 292 g/mol. The molecule has 1 aromatic heterocycles. The van der Waals surface area contributed by atoms with Gasteiger partial charge in [-0.25, -0.2) is 9.48 Å². The molecule has 0 saturated carbocycles. The van der Waals surface area contributed by atoms with Crippen molar-refractivity contribution in [1.29, 1.82) is 0 Å². The summed E-state index contributed by atoms with van der Waals surface area (Å²) in [7, 11) is 0. The maximum absolute atomic E-state index is 12.4. The van der Waals surface area contributed by atoms with Crippen LogP contribution in [0.3, 0.4) is 0 Å². The second-order valence-corrected chi connectivity index (χ2v) is 7.73. The Bertz CT molecular complexity index is 576. The summed E-state index contributed by atoms with van der Waals surface area (Å²) in [5.41, 5.74) is 0.601. The minimum absolute atomic E-state index is 0.187. The first kappa shape index (κ1) is 16.1. The first-order valence-electron chi connectivity index (χ1n) is 8.61. The number of rotatable bonds is 1. The van der Waals surface area contributed by atoms with E-state index >= 15 is 0 Å². The van der Waals surface area contributed by atoms with E-state index in [9.17, 15) is 4.79 Å². The number of piperidine rings is 1. The first-order valence-corrected chi connectivity index (χ1v) is 8.61. The topological polar surface area (TPSA) is 59.4 Å². The number of hydrogen-bond acceptors (Lipinski definition) is 4. The normalized spacial score (nSPS) is 24.8. The standard InChI is InChI=1S/C17H28N4O2/c1-12-10-15-18-8-7-14(21(15)19-12)13-6-5-9-20(11-13)16(22)23-17(2,3)4/h10,13-14,18H,5-9,11H2,1-4H3. The zero-order valence-electron chi connectivity index (χ0n) is 14.6. The lowest BCUT2D eigenvalue weighted by Crippen LogP contribution is -2.45. The molecule has 1 saturated heterocycles. The molecule has 2 unspecified atom stereocenters. The van der Waals surface area contributed by atoms with Crippen LogP contribution in [0.5, 0.6) is 0 Å². The van der Waals surface area contributed by atoms with Gasteiger partial charge in [0.2, 0.25) is 0 Å². The second-order valence-electron chi connectivity index (χ2n) is 7.73. The Labute approximate surface area is 138 Å². The molecule has 0 radical (unpaired) electrons. The van der Waals surface area contributed by atoms with Gasteiger partial charge in [0.1, 0.15) is 11.4 Å². The average Bonchev–Trinajstić information content (AvgIpc) is 2.85. The molecule has 3 rings (SSSR count). The molecule has 128 valence electrons. The molecule has 1 aromatic rings. The van der Waals surface area contributed by atoms with Gasteiger partial charge in [0.05, 0.1) is 11.7 Å². The monoisotopic (exact) mass is 320 g/mol. The molecule has 3 heterocycles. The van der Waals surface area contributed by atoms with Crippen LogP contribution < -0.4 is 5.32 Å². The molecule has 0 aromatic carbocycles. The largest absolute Gasteiger partial charge is 0.444 e. The highest BCUT2D eigenvalue weighted by molar-refractivity contribution is 5.68. The van der Waals surface area contributed by atoms with E-state index < -0.39 is 5.60 Å². The average molecular weight is 320 g/mol. The van der Waals surface area contributed by atoms with Crippen molar-refractivity contribution in [2.45, 2.75) is 58.6 Å². The van der Waals surface area contributed by atoms with Crippen molar-refractivity contribution in [2.24, 2.45) is 5.92 Å². The van der Waals surface area contributed by atoms with E-state index in [1.165, 1.54) is 0 Å². The van der Waals surface area contributed by atoms with Gasteiger partial charge < -0.3 is 15.0 Å². The van der Waals surface area contributed by atoms with E-state index in [-0.39, 0.29) is 6.09 Å². The molecule has 2 aliphatic rings. The van der Waals surface area contributed by atoms with E-state index in [0.717, 1.165) is 50.4 Å². The highest BCUT2D eigenvalue weighted by Gasteiger charge is 2.34. The van der Waals surface area contributed by atoms with Crippen molar-refractivity contribution in [3.63, 3.8) is 0 Å². The number of amides is 1. The summed E-state index contributed by atoms with van der Waals surface area (Å²) in [4.78, 5) is 14.2. The number of likely N-dealkylation sites (tertiary alicyclic amines) is 1. The quantitative estimate of drug-likeness (QED) is 0.863. The summed E-state index contributed by atoms with van der Waals surface area (Å²) in [5.74, 6) is 1.55. The number of aromatic nitrogens is 2. The van der Waals surface area contributed by atoms with Crippen LogP contribution in [0.15, 0.2) is 6.07 Å². The predicted octanol–water partition coefficient (Wildman–Crippen LogP) is 3.20. The van der Waals surface area contributed by atoms with E-state index in [1.54, 1.807) is 0 Å². The number of nitrogens with zero attached hydrogens (tertiary/aromatic N) is 3. The molecular formula is C17H28N4O2. The Kier molecular flexibility index (Phi) is 4.25. The van der Waals surface area contributed by atoms with Crippen molar-refractivity contribution < 1.29 is 9.53 Å². The molecule has 1 fully saturated rings. The molecule has 6 heteroatoms. The lowest BCUT2D eigenvalue weighted by molar-refractivity contribution is 0.0126. The number of ether oxygens (including phenoxy) is 1. The number of carbonyl (C=O) groups is 1. The van der Waals surface area contributed by atoms with Crippen LogP contribution in [0.2, 0.25) is 0 Å². The van der Waals surface area contributed by atoms with Gasteiger partial charge in [-0.05, 0) is 52.9 Å². The van der Waals surface area contributed by atoms with E-state index in [0.29, 0.717) is 12.0 Å². The van der Waals surface area contributed by atoms with Crippen LogP contribution in [0.25, 0.3) is 0 Å². The van der Waals surface area contributed by atoms with Crippen molar-refractivity contribution in [3.05, 3.63) is 11.8 Å². The molecule has 23 heavy (non-hydrogen) atoms. The fraction of sp³-hybridized carbons (Fsp3) is 0.765. The fourth-order valence-electron chi connectivity index (χ4n) is 3.62. The van der Waals surface area contributed by atoms with Gasteiger partial charge in [-0.1, -0.05) is 0 Å². The summed E-state index contributed by atoms with van der Waals surface area (Å²) < 4.78 is 7.67. The third kappa shape index (κ3) is 3.62. The number of aryl methyl sites for hydroxylation is 1. The summed E-state index contributed by atoms with van der Waals surface area (Å²) in [6, 6.07) is 2.46. The molecule has 2 atom stereocenters. The van der Waals surface area contributed by atoms with Gasteiger partial charge in [0, 0.05) is 25.7 Å². The minimum Gasteiger partial charge on any atom is -0.444 e. The molecule has 1 N–H and O–H groups in total. The number of anilines is 1. The Hall–Kier alpha value is -1.72. The zero-order valence-corrected chi connectivity index (χ0v) is 14.6. The molecule has 1 amide bonds. The van der Waals surface area contributed by atoms with Gasteiger partial charge in [-0.3, -0.25) is 0 Å². The molecule has 0 bridgehead atoms. The van der Waals surface area contributed by atoms with Gasteiger partial charge in [-0.15, -0.1) is 0 Å². The maximum Gasteiger partial charge on any atom is 0.410 e. The number of fused-ring (bicyclic) bond motifs is 1. The second kappa shape index (κ2) is 6.06. The van der Waals surface area contributed by atoms with Gasteiger partial charge in [0.15, 0.2) is 0 Å². The summed E-state index contributed by atoms with van der Waals surface area (Å²) >= 11 is 0. The van der Waals surface area contributed by atoms with Gasteiger partial charge >= 0.3 is 6.09 Å². The van der Waals surface area contributed by atoms with Crippen LogP contribution in [0.1, 0.15) is 51.8 Å². The van der Waals surface area contributed by atoms with Crippen LogP contribution in [-0.2, 0) is 4.74 Å². The summed E-state index contributed by atoms with van der Waals surface area (Å²) in [6.07, 6.45) is 3.04. The summed E-state index contributed by atoms with van der Waals surface area (Å²) in [6.45, 7) is 10.3. The van der Waals surface area contributed by atoms with Crippen molar-refractivity contribution in [1.82, 2.24) is 14.7 Å². The maximum atomic E-state index is 12.4. The van der Waals surface area contributed by atoms with Crippen LogP contribution in [0, 0.1) is 12.8 Å². The molecule has 0 aliphatic carbocycles. The first-order chi connectivity index (χ1) is 10.8. The SMILES string of the molecule is Cc1cc2n(n1)C(C1CCCN(C(=O)OC(C)(C)C)C1)CCN2. The molecule has 2 aliphatic heterocycles.